The zero-order valence-corrected chi connectivity index (χ0v) is 13.6. The van der Waals surface area contributed by atoms with Crippen LogP contribution in [-0.4, -0.2) is 7.05 Å². The molecule has 0 radical (unpaired) electrons. The van der Waals surface area contributed by atoms with E-state index in [1.807, 2.05) is 37.4 Å². The Morgan fingerprint density at radius 3 is 2.33 bits per heavy atom. The molecule has 1 N–H and O–H groups in total. The molecule has 0 bridgehead atoms. The Bertz CT molecular complexity index is 580. The van der Waals surface area contributed by atoms with Gasteiger partial charge in [-0.25, -0.2) is 0 Å². The van der Waals surface area contributed by atoms with Crippen molar-refractivity contribution in [1.29, 1.82) is 0 Å². The molecule has 0 heterocycles. The van der Waals surface area contributed by atoms with Crippen molar-refractivity contribution in [2.75, 3.05) is 7.05 Å². The van der Waals surface area contributed by atoms with Gasteiger partial charge in [0.2, 0.25) is 0 Å². The van der Waals surface area contributed by atoms with Crippen LogP contribution in [0.1, 0.15) is 37.4 Å². The summed E-state index contributed by atoms with van der Waals surface area (Å²) in [6.07, 6.45) is 2.25. The van der Waals surface area contributed by atoms with E-state index in [1.54, 1.807) is 0 Å². The molecular formula is C18H22ClNO. The number of hydrogen-bond donors (Lipinski definition) is 1. The molecule has 3 heteroatoms. The maximum atomic E-state index is 6.32. The second kappa shape index (κ2) is 7.48. The Hall–Kier alpha value is -1.51. The molecule has 0 aliphatic rings. The number of nitrogens with one attached hydrogen (secondary N) is 1. The summed E-state index contributed by atoms with van der Waals surface area (Å²) < 4.78 is 5.86. The SMILES string of the molecule is CCCc1ccc(Oc2ccc(C(C)NC)c(Cl)c2)cc1. The number of halogens is 1. The number of aryl methyl sites for hydroxylation is 1. The molecule has 1 unspecified atom stereocenters. The largest absolute Gasteiger partial charge is 0.457 e. The highest BCUT2D eigenvalue weighted by atomic mass is 35.5. The van der Waals surface area contributed by atoms with E-state index in [0.29, 0.717) is 0 Å². The second-order valence-corrected chi connectivity index (χ2v) is 5.60. The summed E-state index contributed by atoms with van der Waals surface area (Å²) in [6, 6.07) is 14.3. The summed E-state index contributed by atoms with van der Waals surface area (Å²) in [5.74, 6) is 1.59. The van der Waals surface area contributed by atoms with E-state index in [2.05, 4.69) is 31.3 Å². The third-order valence-electron chi connectivity index (χ3n) is 3.57. The minimum Gasteiger partial charge on any atom is -0.457 e. The first-order chi connectivity index (χ1) is 10.1. The highest BCUT2D eigenvalue weighted by Crippen LogP contribution is 2.30. The lowest BCUT2D eigenvalue weighted by molar-refractivity contribution is 0.482. The fraction of sp³-hybridized carbons (Fsp3) is 0.333. The van der Waals surface area contributed by atoms with Crippen LogP contribution in [0.15, 0.2) is 42.5 Å². The Labute approximate surface area is 132 Å². The van der Waals surface area contributed by atoms with Gasteiger partial charge in [0.05, 0.1) is 0 Å². The topological polar surface area (TPSA) is 21.3 Å². The van der Waals surface area contributed by atoms with E-state index in [-0.39, 0.29) is 6.04 Å². The van der Waals surface area contributed by atoms with E-state index in [0.717, 1.165) is 34.9 Å². The van der Waals surface area contributed by atoms with Crippen molar-refractivity contribution < 1.29 is 4.74 Å². The lowest BCUT2D eigenvalue weighted by Gasteiger charge is -2.14. The van der Waals surface area contributed by atoms with Crippen LogP contribution in [0.3, 0.4) is 0 Å². The molecule has 0 spiro atoms. The smallest absolute Gasteiger partial charge is 0.128 e. The highest BCUT2D eigenvalue weighted by Gasteiger charge is 2.09. The first kappa shape index (κ1) is 15.9. The van der Waals surface area contributed by atoms with Crippen molar-refractivity contribution in [3.05, 3.63) is 58.6 Å². The highest BCUT2D eigenvalue weighted by molar-refractivity contribution is 6.31. The predicted molar refractivity (Wildman–Crippen MR) is 89.4 cm³/mol. The van der Waals surface area contributed by atoms with Crippen molar-refractivity contribution >= 4 is 11.6 Å². The van der Waals surface area contributed by atoms with Crippen molar-refractivity contribution in [3.8, 4) is 11.5 Å². The van der Waals surface area contributed by atoms with Gasteiger partial charge in [-0.1, -0.05) is 43.1 Å². The molecule has 0 saturated carbocycles. The molecule has 0 fully saturated rings. The first-order valence-electron chi connectivity index (χ1n) is 7.37. The maximum Gasteiger partial charge on any atom is 0.128 e. The van der Waals surface area contributed by atoms with Crippen molar-refractivity contribution in [1.82, 2.24) is 5.32 Å². The summed E-state index contributed by atoms with van der Waals surface area (Å²) in [7, 11) is 1.92. The average molecular weight is 304 g/mol. The Kier molecular flexibility index (Phi) is 5.66. The molecule has 2 aromatic carbocycles. The van der Waals surface area contributed by atoms with Crippen LogP contribution in [0, 0.1) is 0 Å². The van der Waals surface area contributed by atoms with Crippen LogP contribution < -0.4 is 10.1 Å². The van der Waals surface area contributed by atoms with Gasteiger partial charge in [0.15, 0.2) is 0 Å². The van der Waals surface area contributed by atoms with E-state index < -0.39 is 0 Å². The minimum atomic E-state index is 0.222. The summed E-state index contributed by atoms with van der Waals surface area (Å²) in [5.41, 5.74) is 2.41. The van der Waals surface area contributed by atoms with Crippen LogP contribution >= 0.6 is 11.6 Å². The molecule has 0 aliphatic carbocycles. The molecule has 2 rings (SSSR count). The molecule has 0 amide bonds. The molecular weight excluding hydrogens is 282 g/mol. The third-order valence-corrected chi connectivity index (χ3v) is 3.90. The molecule has 21 heavy (non-hydrogen) atoms. The van der Waals surface area contributed by atoms with Gasteiger partial charge in [-0.15, -0.1) is 0 Å². The van der Waals surface area contributed by atoms with Gasteiger partial charge in [-0.05, 0) is 55.8 Å². The van der Waals surface area contributed by atoms with Crippen molar-refractivity contribution in [2.24, 2.45) is 0 Å². The predicted octanol–water partition coefficient (Wildman–Crippen LogP) is 5.37. The van der Waals surface area contributed by atoms with E-state index in [9.17, 15) is 0 Å². The van der Waals surface area contributed by atoms with Gasteiger partial charge < -0.3 is 10.1 Å². The summed E-state index contributed by atoms with van der Waals surface area (Å²) in [6.45, 7) is 4.26. The summed E-state index contributed by atoms with van der Waals surface area (Å²) in [5, 5.41) is 3.90. The third kappa shape index (κ3) is 4.23. The molecule has 0 aliphatic heterocycles. The van der Waals surface area contributed by atoms with Gasteiger partial charge in [0.25, 0.3) is 0 Å². The summed E-state index contributed by atoms with van der Waals surface area (Å²) in [4.78, 5) is 0. The maximum absolute atomic E-state index is 6.32. The molecule has 1 atom stereocenters. The first-order valence-corrected chi connectivity index (χ1v) is 7.75. The van der Waals surface area contributed by atoms with Gasteiger partial charge in [-0.2, -0.15) is 0 Å². The molecule has 2 aromatic rings. The van der Waals surface area contributed by atoms with Gasteiger partial charge in [0, 0.05) is 11.1 Å². The van der Waals surface area contributed by atoms with E-state index >= 15 is 0 Å². The number of rotatable bonds is 6. The Morgan fingerprint density at radius 2 is 1.76 bits per heavy atom. The number of ether oxygens (including phenoxy) is 1. The van der Waals surface area contributed by atoms with Gasteiger partial charge in [-0.3, -0.25) is 0 Å². The van der Waals surface area contributed by atoms with Gasteiger partial charge >= 0.3 is 0 Å². The van der Waals surface area contributed by atoms with E-state index in [1.165, 1.54) is 5.56 Å². The average Bonchev–Trinajstić information content (AvgIpc) is 2.49. The van der Waals surface area contributed by atoms with Crippen molar-refractivity contribution in [3.63, 3.8) is 0 Å². The fourth-order valence-corrected chi connectivity index (χ4v) is 2.56. The fourth-order valence-electron chi connectivity index (χ4n) is 2.23. The molecule has 2 nitrogen and oxygen atoms in total. The lowest BCUT2D eigenvalue weighted by Crippen LogP contribution is -2.12. The monoisotopic (exact) mass is 303 g/mol. The van der Waals surface area contributed by atoms with Crippen LogP contribution in [0.4, 0.5) is 0 Å². The van der Waals surface area contributed by atoms with E-state index in [4.69, 9.17) is 16.3 Å². The van der Waals surface area contributed by atoms with Crippen LogP contribution in [0.5, 0.6) is 11.5 Å². The lowest BCUT2D eigenvalue weighted by atomic mass is 10.1. The second-order valence-electron chi connectivity index (χ2n) is 5.19. The Morgan fingerprint density at radius 1 is 1.10 bits per heavy atom. The van der Waals surface area contributed by atoms with Crippen molar-refractivity contribution in [2.45, 2.75) is 32.7 Å². The molecule has 0 aromatic heterocycles. The zero-order valence-electron chi connectivity index (χ0n) is 12.8. The Balaban J connectivity index is 2.11. The normalized spacial score (nSPS) is 12.2. The zero-order chi connectivity index (χ0) is 15.2. The minimum absolute atomic E-state index is 0.222. The molecule has 112 valence electrons. The van der Waals surface area contributed by atoms with Crippen LogP contribution in [0.2, 0.25) is 5.02 Å². The quantitative estimate of drug-likeness (QED) is 0.775. The van der Waals surface area contributed by atoms with Crippen LogP contribution in [-0.2, 0) is 6.42 Å². The van der Waals surface area contributed by atoms with Crippen LogP contribution in [0.25, 0.3) is 0 Å². The number of benzene rings is 2. The summed E-state index contributed by atoms with van der Waals surface area (Å²) >= 11 is 6.32. The standard InChI is InChI=1S/C18H22ClNO/c1-4-5-14-6-8-15(9-7-14)21-16-10-11-17(13(2)20-3)18(19)12-16/h6-13,20H,4-5H2,1-3H3. The number of hydrogen-bond acceptors (Lipinski definition) is 2. The van der Waals surface area contributed by atoms with Gasteiger partial charge in [0.1, 0.15) is 11.5 Å². The molecule has 0 saturated heterocycles.